The first-order chi connectivity index (χ1) is 8.77. The second kappa shape index (κ2) is 7.34. The van der Waals surface area contributed by atoms with Gasteiger partial charge in [-0.2, -0.15) is 0 Å². The largest absolute Gasteiger partial charge is 0.381 e. The third-order valence-electron chi connectivity index (χ3n) is 3.06. The number of hydrogen-bond acceptors (Lipinski definition) is 2. The van der Waals surface area contributed by atoms with E-state index in [-0.39, 0.29) is 0 Å². The first-order valence-electron chi connectivity index (χ1n) is 6.48. The van der Waals surface area contributed by atoms with Crippen LogP contribution in [0.1, 0.15) is 24.8 Å². The maximum atomic E-state index is 6.08. The lowest BCUT2D eigenvalue weighted by atomic mass is 10.2. The van der Waals surface area contributed by atoms with E-state index in [2.05, 4.69) is 5.32 Å². The number of hydrogen-bond donors (Lipinski definition) is 1. The number of rotatable bonds is 8. The van der Waals surface area contributed by atoms with Gasteiger partial charge in [0.05, 0.1) is 0 Å². The maximum Gasteiger partial charge on any atom is 0.0494 e. The summed E-state index contributed by atoms with van der Waals surface area (Å²) in [5.41, 5.74) is 0.972. The lowest BCUT2D eigenvalue weighted by Gasteiger charge is -2.08. The van der Waals surface area contributed by atoms with Crippen molar-refractivity contribution in [1.82, 2.24) is 5.32 Å². The zero-order valence-electron chi connectivity index (χ0n) is 10.4. The average Bonchev–Trinajstić information content (AvgIpc) is 3.15. The van der Waals surface area contributed by atoms with Crippen LogP contribution < -0.4 is 5.32 Å². The molecule has 0 unspecified atom stereocenters. The molecule has 0 bridgehead atoms. The first-order valence-corrected chi connectivity index (χ1v) is 7.24. The summed E-state index contributed by atoms with van der Waals surface area (Å²) >= 11 is 12.2. The third-order valence-corrected chi connectivity index (χ3v) is 3.76. The molecule has 0 aliphatic heterocycles. The molecular weight excluding hydrogens is 269 g/mol. The van der Waals surface area contributed by atoms with E-state index >= 15 is 0 Å². The van der Waals surface area contributed by atoms with Gasteiger partial charge in [0, 0.05) is 35.4 Å². The Morgan fingerprint density at radius 3 is 2.61 bits per heavy atom. The summed E-state index contributed by atoms with van der Waals surface area (Å²) in [5.74, 6) is 0.847. The Bertz CT molecular complexity index is 360. The Kier molecular flexibility index (Phi) is 5.77. The van der Waals surface area contributed by atoms with Gasteiger partial charge in [-0.05, 0) is 43.9 Å². The average molecular weight is 288 g/mol. The second-order valence-electron chi connectivity index (χ2n) is 4.75. The molecule has 1 aliphatic rings. The van der Waals surface area contributed by atoms with E-state index in [9.17, 15) is 0 Å². The fraction of sp³-hybridized carbons (Fsp3) is 0.571. The standard InChI is InChI=1S/C14H19Cl2NO/c15-13-3-1-4-14(16)12(13)9-17-7-2-8-18-10-11-5-6-11/h1,3-4,11,17H,2,5-10H2. The molecule has 1 aromatic rings. The van der Waals surface area contributed by atoms with Crippen LogP contribution in [0.25, 0.3) is 0 Å². The number of nitrogens with one attached hydrogen (secondary N) is 1. The van der Waals surface area contributed by atoms with Crippen LogP contribution in [-0.4, -0.2) is 19.8 Å². The third kappa shape index (κ3) is 4.77. The van der Waals surface area contributed by atoms with Gasteiger partial charge >= 0.3 is 0 Å². The normalized spacial score (nSPS) is 15.0. The van der Waals surface area contributed by atoms with Crippen LogP contribution in [0.2, 0.25) is 10.0 Å². The molecule has 1 saturated carbocycles. The van der Waals surface area contributed by atoms with E-state index in [1.54, 1.807) is 0 Å². The van der Waals surface area contributed by atoms with Gasteiger partial charge in [0.1, 0.15) is 0 Å². The minimum atomic E-state index is 0.709. The van der Waals surface area contributed by atoms with Crippen molar-refractivity contribution in [3.05, 3.63) is 33.8 Å². The summed E-state index contributed by atoms with van der Waals surface area (Å²) in [5, 5.41) is 4.78. The molecule has 18 heavy (non-hydrogen) atoms. The highest BCUT2D eigenvalue weighted by Crippen LogP contribution is 2.28. The molecular formula is C14H19Cl2NO. The summed E-state index contributed by atoms with van der Waals surface area (Å²) < 4.78 is 5.57. The Hall–Kier alpha value is -0.280. The molecule has 0 aromatic heterocycles. The molecule has 0 spiro atoms. The van der Waals surface area contributed by atoms with Crippen molar-refractivity contribution in [2.45, 2.75) is 25.8 Å². The van der Waals surface area contributed by atoms with E-state index in [1.165, 1.54) is 12.8 Å². The van der Waals surface area contributed by atoms with E-state index in [1.807, 2.05) is 18.2 Å². The summed E-state index contributed by atoms with van der Waals surface area (Å²) in [6.07, 6.45) is 3.72. The molecule has 0 heterocycles. The number of ether oxygens (including phenoxy) is 1. The van der Waals surface area contributed by atoms with Gasteiger partial charge in [-0.15, -0.1) is 0 Å². The quantitative estimate of drug-likeness (QED) is 0.732. The van der Waals surface area contributed by atoms with Crippen LogP contribution in [-0.2, 0) is 11.3 Å². The second-order valence-corrected chi connectivity index (χ2v) is 5.56. The minimum Gasteiger partial charge on any atom is -0.381 e. The van der Waals surface area contributed by atoms with Crippen LogP contribution in [0.3, 0.4) is 0 Å². The maximum absolute atomic E-state index is 6.08. The molecule has 100 valence electrons. The zero-order chi connectivity index (χ0) is 12.8. The Morgan fingerprint density at radius 2 is 1.94 bits per heavy atom. The van der Waals surface area contributed by atoms with Crippen molar-refractivity contribution in [3.8, 4) is 0 Å². The molecule has 1 fully saturated rings. The highest BCUT2D eigenvalue weighted by Gasteiger charge is 2.20. The summed E-state index contributed by atoms with van der Waals surface area (Å²) in [6.45, 7) is 3.41. The summed E-state index contributed by atoms with van der Waals surface area (Å²) in [6, 6.07) is 5.59. The molecule has 0 saturated heterocycles. The zero-order valence-corrected chi connectivity index (χ0v) is 11.9. The van der Waals surface area contributed by atoms with E-state index in [0.29, 0.717) is 6.54 Å². The van der Waals surface area contributed by atoms with Crippen molar-refractivity contribution in [2.75, 3.05) is 19.8 Å². The van der Waals surface area contributed by atoms with Crippen LogP contribution in [0.15, 0.2) is 18.2 Å². The van der Waals surface area contributed by atoms with Crippen molar-refractivity contribution in [1.29, 1.82) is 0 Å². The molecule has 2 nitrogen and oxygen atoms in total. The Labute approximate surface area is 119 Å². The van der Waals surface area contributed by atoms with Crippen molar-refractivity contribution in [2.24, 2.45) is 5.92 Å². The monoisotopic (exact) mass is 287 g/mol. The van der Waals surface area contributed by atoms with E-state index < -0.39 is 0 Å². The Balaban J connectivity index is 1.56. The molecule has 1 N–H and O–H groups in total. The SMILES string of the molecule is Clc1cccc(Cl)c1CNCCCOCC1CC1. The fourth-order valence-electron chi connectivity index (χ4n) is 1.75. The predicted octanol–water partition coefficient (Wildman–Crippen LogP) is 3.90. The molecule has 2 rings (SSSR count). The highest BCUT2D eigenvalue weighted by atomic mass is 35.5. The summed E-state index contributed by atoms with van der Waals surface area (Å²) in [4.78, 5) is 0. The lowest BCUT2D eigenvalue weighted by Crippen LogP contribution is -2.17. The van der Waals surface area contributed by atoms with E-state index in [4.69, 9.17) is 27.9 Å². The van der Waals surface area contributed by atoms with Crippen LogP contribution in [0.4, 0.5) is 0 Å². The van der Waals surface area contributed by atoms with Crippen molar-refractivity contribution < 1.29 is 4.74 Å². The molecule has 0 amide bonds. The van der Waals surface area contributed by atoms with Gasteiger partial charge < -0.3 is 10.1 Å². The van der Waals surface area contributed by atoms with Crippen LogP contribution >= 0.6 is 23.2 Å². The van der Waals surface area contributed by atoms with Gasteiger partial charge in [-0.25, -0.2) is 0 Å². The van der Waals surface area contributed by atoms with Gasteiger partial charge in [-0.3, -0.25) is 0 Å². The minimum absolute atomic E-state index is 0.709. The first kappa shape index (κ1) is 14.1. The predicted molar refractivity (Wildman–Crippen MR) is 76.3 cm³/mol. The molecule has 0 atom stereocenters. The summed E-state index contributed by atoms with van der Waals surface area (Å²) in [7, 11) is 0. The Morgan fingerprint density at radius 1 is 1.22 bits per heavy atom. The fourth-order valence-corrected chi connectivity index (χ4v) is 2.28. The topological polar surface area (TPSA) is 21.3 Å². The molecule has 4 heteroatoms. The highest BCUT2D eigenvalue weighted by molar-refractivity contribution is 6.35. The lowest BCUT2D eigenvalue weighted by molar-refractivity contribution is 0.122. The molecule has 1 aromatic carbocycles. The van der Waals surface area contributed by atoms with E-state index in [0.717, 1.165) is 47.7 Å². The van der Waals surface area contributed by atoms with Gasteiger partial charge in [0.2, 0.25) is 0 Å². The number of halogens is 2. The van der Waals surface area contributed by atoms with Gasteiger partial charge in [0.15, 0.2) is 0 Å². The molecule has 0 radical (unpaired) electrons. The molecule has 1 aliphatic carbocycles. The van der Waals surface area contributed by atoms with Crippen molar-refractivity contribution in [3.63, 3.8) is 0 Å². The smallest absolute Gasteiger partial charge is 0.0494 e. The van der Waals surface area contributed by atoms with Gasteiger partial charge in [-0.1, -0.05) is 29.3 Å². The number of benzene rings is 1. The van der Waals surface area contributed by atoms with Crippen molar-refractivity contribution >= 4 is 23.2 Å². The van der Waals surface area contributed by atoms with Crippen LogP contribution in [0, 0.1) is 5.92 Å². The van der Waals surface area contributed by atoms with Crippen LogP contribution in [0.5, 0.6) is 0 Å². The van der Waals surface area contributed by atoms with Gasteiger partial charge in [0.25, 0.3) is 0 Å².